The van der Waals surface area contributed by atoms with Crippen molar-refractivity contribution < 1.29 is 4.74 Å². The number of hydrogen-bond acceptors (Lipinski definition) is 5. The van der Waals surface area contributed by atoms with Crippen LogP contribution in [-0.2, 0) is 11.3 Å². The van der Waals surface area contributed by atoms with Crippen molar-refractivity contribution in [2.24, 2.45) is 5.92 Å². The Morgan fingerprint density at radius 3 is 2.60 bits per heavy atom. The molecule has 0 spiro atoms. The van der Waals surface area contributed by atoms with E-state index in [0.29, 0.717) is 0 Å². The van der Waals surface area contributed by atoms with Crippen LogP contribution in [-0.4, -0.2) is 43.3 Å². The number of anilines is 1. The summed E-state index contributed by atoms with van der Waals surface area (Å²) in [6, 6.07) is 0. The highest BCUT2D eigenvalue weighted by atomic mass is 16.5. The summed E-state index contributed by atoms with van der Waals surface area (Å²) in [5, 5.41) is 3.30. The van der Waals surface area contributed by atoms with Crippen LogP contribution in [0.1, 0.15) is 31.7 Å². The van der Waals surface area contributed by atoms with Gasteiger partial charge in [0, 0.05) is 51.2 Å². The van der Waals surface area contributed by atoms with E-state index in [0.717, 1.165) is 50.2 Å². The number of aromatic nitrogens is 2. The Morgan fingerprint density at radius 2 is 2.00 bits per heavy atom. The second kappa shape index (κ2) is 8.17. The fourth-order valence-electron chi connectivity index (χ4n) is 2.55. The van der Waals surface area contributed by atoms with E-state index in [1.54, 1.807) is 7.11 Å². The van der Waals surface area contributed by atoms with Crippen molar-refractivity contribution in [3.63, 3.8) is 0 Å². The van der Waals surface area contributed by atoms with Gasteiger partial charge in [-0.05, 0) is 18.8 Å². The maximum absolute atomic E-state index is 5.00. The smallest absolute Gasteiger partial charge is 0.225 e. The highest BCUT2D eigenvalue weighted by Crippen LogP contribution is 2.22. The first kappa shape index (κ1) is 15.2. The van der Waals surface area contributed by atoms with Crippen molar-refractivity contribution in [1.82, 2.24) is 15.3 Å². The molecule has 1 saturated heterocycles. The molecule has 1 aromatic heterocycles. The first-order valence-electron chi connectivity index (χ1n) is 7.59. The number of hydrogen-bond donors (Lipinski definition) is 1. The van der Waals surface area contributed by atoms with Gasteiger partial charge in [-0.15, -0.1) is 0 Å². The van der Waals surface area contributed by atoms with E-state index in [9.17, 15) is 0 Å². The lowest BCUT2D eigenvalue weighted by atomic mass is 9.95. The van der Waals surface area contributed by atoms with Gasteiger partial charge in [0.1, 0.15) is 0 Å². The minimum atomic E-state index is 0.727. The van der Waals surface area contributed by atoms with Crippen molar-refractivity contribution >= 4 is 5.95 Å². The maximum Gasteiger partial charge on any atom is 0.225 e. The number of nitrogens with one attached hydrogen (secondary N) is 1. The fourth-order valence-corrected chi connectivity index (χ4v) is 2.55. The average molecular weight is 278 g/mol. The van der Waals surface area contributed by atoms with Crippen molar-refractivity contribution in [3.05, 3.63) is 18.0 Å². The standard InChI is InChI=1S/C15H26N4O/c1-3-13-4-7-19(8-5-13)15-17-11-14(12-18-15)10-16-6-9-20-2/h11-13,16H,3-10H2,1-2H3. The Kier molecular flexibility index (Phi) is 6.21. The van der Waals surface area contributed by atoms with Crippen molar-refractivity contribution in [2.45, 2.75) is 32.7 Å². The predicted molar refractivity (Wildman–Crippen MR) is 80.8 cm³/mol. The van der Waals surface area contributed by atoms with E-state index in [-0.39, 0.29) is 0 Å². The summed E-state index contributed by atoms with van der Waals surface area (Å²) < 4.78 is 5.00. The third-order valence-electron chi connectivity index (χ3n) is 3.98. The number of methoxy groups -OCH3 is 1. The monoisotopic (exact) mass is 278 g/mol. The minimum absolute atomic E-state index is 0.727. The van der Waals surface area contributed by atoms with E-state index in [4.69, 9.17) is 4.74 Å². The quantitative estimate of drug-likeness (QED) is 0.771. The Morgan fingerprint density at radius 1 is 1.30 bits per heavy atom. The molecule has 2 heterocycles. The van der Waals surface area contributed by atoms with Crippen LogP contribution in [0.4, 0.5) is 5.95 Å². The molecule has 1 fully saturated rings. The van der Waals surface area contributed by atoms with Crippen molar-refractivity contribution in [1.29, 1.82) is 0 Å². The van der Waals surface area contributed by atoms with Crippen LogP contribution >= 0.6 is 0 Å². The second-order valence-corrected chi connectivity index (χ2v) is 5.40. The van der Waals surface area contributed by atoms with Gasteiger partial charge in [0.25, 0.3) is 0 Å². The van der Waals surface area contributed by atoms with Crippen LogP contribution in [0.5, 0.6) is 0 Å². The molecule has 2 rings (SSSR count). The zero-order valence-corrected chi connectivity index (χ0v) is 12.6. The van der Waals surface area contributed by atoms with Crippen molar-refractivity contribution in [2.75, 3.05) is 38.3 Å². The normalized spacial score (nSPS) is 16.6. The third-order valence-corrected chi connectivity index (χ3v) is 3.98. The van der Waals surface area contributed by atoms with Crippen LogP contribution < -0.4 is 10.2 Å². The fraction of sp³-hybridized carbons (Fsp3) is 0.733. The molecule has 0 atom stereocenters. The van der Waals surface area contributed by atoms with Gasteiger partial charge in [0.05, 0.1) is 6.61 Å². The Labute approximate surface area is 121 Å². The molecule has 0 radical (unpaired) electrons. The summed E-state index contributed by atoms with van der Waals surface area (Å²) in [5.74, 6) is 1.76. The minimum Gasteiger partial charge on any atom is -0.383 e. The molecule has 0 bridgehead atoms. The second-order valence-electron chi connectivity index (χ2n) is 5.40. The van der Waals surface area contributed by atoms with Crippen LogP contribution in [0, 0.1) is 5.92 Å². The van der Waals surface area contributed by atoms with Gasteiger partial charge in [-0.3, -0.25) is 0 Å². The molecule has 0 amide bonds. The van der Waals surface area contributed by atoms with Gasteiger partial charge in [-0.1, -0.05) is 13.3 Å². The van der Waals surface area contributed by atoms with Crippen LogP contribution in [0.25, 0.3) is 0 Å². The summed E-state index contributed by atoms with van der Waals surface area (Å²) in [7, 11) is 1.71. The van der Waals surface area contributed by atoms with Gasteiger partial charge >= 0.3 is 0 Å². The Balaban J connectivity index is 1.79. The molecule has 0 aliphatic carbocycles. The molecular weight excluding hydrogens is 252 g/mol. The topological polar surface area (TPSA) is 50.3 Å². The van der Waals surface area contributed by atoms with Gasteiger partial charge < -0.3 is 15.0 Å². The molecule has 1 aromatic rings. The number of ether oxygens (including phenoxy) is 1. The molecular formula is C15H26N4O. The molecule has 112 valence electrons. The molecule has 1 N–H and O–H groups in total. The van der Waals surface area contributed by atoms with E-state index in [1.807, 2.05) is 12.4 Å². The van der Waals surface area contributed by atoms with Gasteiger partial charge in [-0.25, -0.2) is 9.97 Å². The summed E-state index contributed by atoms with van der Waals surface area (Å²) in [4.78, 5) is 11.3. The molecule has 0 unspecified atom stereocenters. The van der Waals surface area contributed by atoms with E-state index >= 15 is 0 Å². The van der Waals surface area contributed by atoms with E-state index in [1.165, 1.54) is 19.3 Å². The molecule has 5 nitrogen and oxygen atoms in total. The number of piperidine rings is 1. The maximum atomic E-state index is 5.00. The zero-order valence-electron chi connectivity index (χ0n) is 12.6. The third kappa shape index (κ3) is 4.42. The van der Waals surface area contributed by atoms with Crippen molar-refractivity contribution in [3.8, 4) is 0 Å². The van der Waals surface area contributed by atoms with Gasteiger partial charge in [0.2, 0.25) is 5.95 Å². The van der Waals surface area contributed by atoms with E-state index < -0.39 is 0 Å². The first-order valence-corrected chi connectivity index (χ1v) is 7.59. The van der Waals surface area contributed by atoms with Crippen LogP contribution in [0.2, 0.25) is 0 Å². The summed E-state index contributed by atoms with van der Waals surface area (Å²) in [6.07, 6.45) is 7.67. The summed E-state index contributed by atoms with van der Waals surface area (Å²) in [5.41, 5.74) is 1.12. The van der Waals surface area contributed by atoms with Crippen LogP contribution in [0.15, 0.2) is 12.4 Å². The lowest BCUT2D eigenvalue weighted by Crippen LogP contribution is -2.34. The number of rotatable bonds is 7. The average Bonchev–Trinajstić information content (AvgIpc) is 2.52. The van der Waals surface area contributed by atoms with Gasteiger partial charge in [0.15, 0.2) is 0 Å². The first-order chi connectivity index (χ1) is 9.83. The molecule has 5 heteroatoms. The summed E-state index contributed by atoms with van der Waals surface area (Å²) >= 11 is 0. The Hall–Kier alpha value is -1.20. The highest BCUT2D eigenvalue weighted by molar-refractivity contribution is 5.30. The van der Waals surface area contributed by atoms with Crippen LogP contribution in [0.3, 0.4) is 0 Å². The Bertz CT molecular complexity index is 374. The molecule has 0 saturated carbocycles. The molecule has 20 heavy (non-hydrogen) atoms. The lowest BCUT2D eigenvalue weighted by molar-refractivity contribution is 0.199. The van der Waals surface area contributed by atoms with E-state index in [2.05, 4.69) is 27.1 Å². The molecule has 1 aliphatic heterocycles. The number of nitrogens with zero attached hydrogens (tertiary/aromatic N) is 3. The van der Waals surface area contributed by atoms with Gasteiger partial charge in [-0.2, -0.15) is 0 Å². The largest absolute Gasteiger partial charge is 0.383 e. The predicted octanol–water partition coefficient (Wildman–Crippen LogP) is 1.84. The lowest BCUT2D eigenvalue weighted by Gasteiger charge is -2.31. The zero-order chi connectivity index (χ0) is 14.2. The molecule has 0 aromatic carbocycles. The highest BCUT2D eigenvalue weighted by Gasteiger charge is 2.19. The SMILES string of the molecule is CCC1CCN(c2ncc(CNCCOC)cn2)CC1. The molecule has 1 aliphatic rings. The summed E-state index contributed by atoms with van der Waals surface area (Å²) in [6.45, 7) is 6.83.